The third-order valence-corrected chi connectivity index (χ3v) is 1.86. The fourth-order valence-corrected chi connectivity index (χ4v) is 1.18. The number of carbonyl (C=O) groups is 1. The number of rotatable bonds is 6. The Morgan fingerprint density at radius 2 is 2.38 bits per heavy atom. The molecule has 88 valence electrons. The normalized spacial score (nSPS) is 12.1. The van der Waals surface area contributed by atoms with Crippen molar-refractivity contribution in [3.05, 3.63) is 24.0 Å². The lowest BCUT2D eigenvalue weighted by molar-refractivity contribution is 0.0600. The Hall–Kier alpha value is -1.62. The van der Waals surface area contributed by atoms with Gasteiger partial charge in [0, 0.05) is 12.8 Å². The van der Waals surface area contributed by atoms with Gasteiger partial charge in [0.2, 0.25) is 0 Å². The second kappa shape index (κ2) is 6.07. The number of carboxylic acids is 1. The van der Waals surface area contributed by atoms with Crippen molar-refractivity contribution < 1.29 is 19.4 Å². The zero-order valence-corrected chi connectivity index (χ0v) is 9.34. The number of hydrogen-bond donors (Lipinski definition) is 1. The summed E-state index contributed by atoms with van der Waals surface area (Å²) in [4.78, 5) is 14.6. The number of aromatic nitrogens is 1. The van der Waals surface area contributed by atoms with Gasteiger partial charge in [-0.2, -0.15) is 0 Å². The molecular formula is C11H15NO4. The summed E-state index contributed by atoms with van der Waals surface area (Å²) in [5, 5.41) is 8.88. The van der Waals surface area contributed by atoms with Gasteiger partial charge >= 0.3 is 5.97 Å². The maximum atomic E-state index is 10.8. The van der Waals surface area contributed by atoms with Crippen LogP contribution >= 0.6 is 0 Å². The molecule has 1 heterocycles. The van der Waals surface area contributed by atoms with Gasteiger partial charge < -0.3 is 14.6 Å². The predicted molar refractivity (Wildman–Crippen MR) is 57.8 cm³/mol. The molecule has 1 unspecified atom stereocenters. The van der Waals surface area contributed by atoms with Gasteiger partial charge in [-0.1, -0.05) is 0 Å². The highest BCUT2D eigenvalue weighted by Crippen LogP contribution is 2.16. The summed E-state index contributed by atoms with van der Waals surface area (Å²) >= 11 is 0. The van der Waals surface area contributed by atoms with Crippen molar-refractivity contribution in [3.63, 3.8) is 0 Å². The highest BCUT2D eigenvalue weighted by molar-refractivity contribution is 5.88. The third kappa shape index (κ3) is 3.51. The van der Waals surface area contributed by atoms with E-state index >= 15 is 0 Å². The van der Waals surface area contributed by atoms with Crippen LogP contribution in [0.2, 0.25) is 0 Å². The zero-order chi connectivity index (χ0) is 12.0. The van der Waals surface area contributed by atoms with E-state index < -0.39 is 5.97 Å². The molecule has 0 fully saturated rings. The Kier molecular flexibility index (Phi) is 4.72. The third-order valence-electron chi connectivity index (χ3n) is 1.86. The number of hydrogen-bond acceptors (Lipinski definition) is 4. The smallest absolute Gasteiger partial charge is 0.358 e. The number of pyridine rings is 1. The van der Waals surface area contributed by atoms with E-state index in [4.69, 9.17) is 14.6 Å². The first-order chi connectivity index (χ1) is 7.65. The van der Waals surface area contributed by atoms with Gasteiger partial charge in [0.15, 0.2) is 11.4 Å². The van der Waals surface area contributed by atoms with Crippen molar-refractivity contribution in [2.75, 3.05) is 13.2 Å². The Morgan fingerprint density at radius 3 is 3.00 bits per heavy atom. The highest BCUT2D eigenvalue weighted by Gasteiger charge is 2.14. The molecular weight excluding hydrogens is 210 g/mol. The predicted octanol–water partition coefficient (Wildman–Crippen LogP) is 1.58. The lowest BCUT2D eigenvalue weighted by Gasteiger charge is -2.15. The van der Waals surface area contributed by atoms with E-state index in [-0.39, 0.29) is 17.5 Å². The first-order valence-electron chi connectivity index (χ1n) is 5.07. The van der Waals surface area contributed by atoms with Crippen LogP contribution in [0, 0.1) is 0 Å². The van der Waals surface area contributed by atoms with Crippen LogP contribution in [0.4, 0.5) is 0 Å². The summed E-state index contributed by atoms with van der Waals surface area (Å²) < 4.78 is 10.6. The van der Waals surface area contributed by atoms with Gasteiger partial charge in [-0.05, 0) is 26.0 Å². The maximum Gasteiger partial charge on any atom is 0.358 e. The first-order valence-corrected chi connectivity index (χ1v) is 5.07. The molecule has 0 saturated carbocycles. The van der Waals surface area contributed by atoms with Crippen molar-refractivity contribution in [2.24, 2.45) is 0 Å². The summed E-state index contributed by atoms with van der Waals surface area (Å²) in [7, 11) is 0. The minimum atomic E-state index is -1.10. The lowest BCUT2D eigenvalue weighted by atomic mass is 10.3. The monoisotopic (exact) mass is 225 g/mol. The number of nitrogens with zero attached hydrogens (tertiary/aromatic N) is 1. The molecule has 0 radical (unpaired) electrons. The molecule has 1 aromatic heterocycles. The average molecular weight is 225 g/mol. The first kappa shape index (κ1) is 12.4. The van der Waals surface area contributed by atoms with E-state index in [0.29, 0.717) is 13.2 Å². The van der Waals surface area contributed by atoms with E-state index in [1.807, 2.05) is 13.8 Å². The lowest BCUT2D eigenvalue weighted by Crippen LogP contribution is -2.20. The minimum Gasteiger partial charge on any atom is -0.486 e. The van der Waals surface area contributed by atoms with E-state index in [2.05, 4.69) is 4.98 Å². The fourth-order valence-electron chi connectivity index (χ4n) is 1.18. The Morgan fingerprint density at radius 1 is 1.62 bits per heavy atom. The second-order valence-electron chi connectivity index (χ2n) is 3.24. The number of carboxylic acid groups (broad SMARTS) is 1. The molecule has 0 bridgehead atoms. The van der Waals surface area contributed by atoms with Crippen LogP contribution in [0.5, 0.6) is 5.75 Å². The topological polar surface area (TPSA) is 68.7 Å². The summed E-state index contributed by atoms with van der Waals surface area (Å²) in [6, 6.07) is 3.22. The van der Waals surface area contributed by atoms with Crippen LogP contribution in [-0.4, -0.2) is 35.4 Å². The van der Waals surface area contributed by atoms with E-state index in [0.717, 1.165) is 0 Å². The van der Waals surface area contributed by atoms with Gasteiger partial charge in [-0.15, -0.1) is 0 Å². The Bertz CT molecular complexity index is 354. The van der Waals surface area contributed by atoms with Crippen molar-refractivity contribution in [3.8, 4) is 5.75 Å². The maximum absolute atomic E-state index is 10.8. The van der Waals surface area contributed by atoms with Gasteiger partial charge in [-0.25, -0.2) is 9.78 Å². The molecule has 16 heavy (non-hydrogen) atoms. The molecule has 1 rings (SSSR count). The molecule has 0 aromatic carbocycles. The van der Waals surface area contributed by atoms with Crippen molar-refractivity contribution in [1.82, 2.24) is 4.98 Å². The quantitative estimate of drug-likeness (QED) is 0.796. The molecule has 5 nitrogen and oxygen atoms in total. The minimum absolute atomic E-state index is 0.0779. The van der Waals surface area contributed by atoms with Crippen LogP contribution in [0.1, 0.15) is 24.3 Å². The summed E-state index contributed by atoms with van der Waals surface area (Å²) in [5.74, 6) is -0.832. The van der Waals surface area contributed by atoms with E-state index in [1.165, 1.54) is 6.20 Å². The standard InChI is InChI=1S/C11H15NO4/c1-3-15-7-8(2)16-9-5-4-6-12-10(9)11(13)14/h4-6,8H,3,7H2,1-2H3,(H,13,14). The summed E-state index contributed by atoms with van der Waals surface area (Å²) in [6.07, 6.45) is 1.21. The molecule has 0 spiro atoms. The highest BCUT2D eigenvalue weighted by atomic mass is 16.5. The molecule has 0 aliphatic rings. The summed E-state index contributed by atoms with van der Waals surface area (Å²) in [5.41, 5.74) is -0.0779. The number of aromatic carboxylic acids is 1. The van der Waals surface area contributed by atoms with Crippen LogP contribution in [0.15, 0.2) is 18.3 Å². The molecule has 5 heteroatoms. The zero-order valence-electron chi connectivity index (χ0n) is 9.34. The molecule has 1 N–H and O–H groups in total. The number of ether oxygens (including phenoxy) is 2. The van der Waals surface area contributed by atoms with Crippen molar-refractivity contribution >= 4 is 5.97 Å². The fraction of sp³-hybridized carbons (Fsp3) is 0.455. The molecule has 0 aliphatic carbocycles. The molecule has 0 aliphatic heterocycles. The SMILES string of the molecule is CCOCC(C)Oc1cccnc1C(=O)O. The van der Waals surface area contributed by atoms with Gasteiger partial charge in [-0.3, -0.25) is 0 Å². The second-order valence-corrected chi connectivity index (χ2v) is 3.24. The van der Waals surface area contributed by atoms with Gasteiger partial charge in [0.25, 0.3) is 0 Å². The van der Waals surface area contributed by atoms with Crippen molar-refractivity contribution in [2.45, 2.75) is 20.0 Å². The Balaban J connectivity index is 2.69. The average Bonchev–Trinajstić information content (AvgIpc) is 2.27. The van der Waals surface area contributed by atoms with Gasteiger partial charge in [0.05, 0.1) is 6.61 Å². The molecule has 0 saturated heterocycles. The molecule has 0 amide bonds. The van der Waals surface area contributed by atoms with Gasteiger partial charge in [0.1, 0.15) is 6.10 Å². The Labute approximate surface area is 94.0 Å². The van der Waals surface area contributed by atoms with E-state index in [1.54, 1.807) is 12.1 Å². The van der Waals surface area contributed by atoms with Crippen LogP contribution < -0.4 is 4.74 Å². The van der Waals surface area contributed by atoms with Crippen LogP contribution in [-0.2, 0) is 4.74 Å². The van der Waals surface area contributed by atoms with Crippen LogP contribution in [0.3, 0.4) is 0 Å². The summed E-state index contributed by atoms with van der Waals surface area (Å²) in [6.45, 7) is 4.73. The largest absolute Gasteiger partial charge is 0.486 e. The van der Waals surface area contributed by atoms with Crippen molar-refractivity contribution in [1.29, 1.82) is 0 Å². The van der Waals surface area contributed by atoms with E-state index in [9.17, 15) is 4.79 Å². The molecule has 1 aromatic rings. The van der Waals surface area contributed by atoms with Crippen LogP contribution in [0.25, 0.3) is 0 Å². The molecule has 1 atom stereocenters.